The Labute approximate surface area is 160 Å². The van der Waals surface area contributed by atoms with Crippen molar-refractivity contribution in [2.75, 3.05) is 0 Å². The molecule has 4 rings (SSSR count). The molecule has 2 aromatic rings. The first-order valence-electron chi connectivity index (χ1n) is 9.27. The lowest BCUT2D eigenvalue weighted by atomic mass is 9.84. The number of amides is 1. The van der Waals surface area contributed by atoms with Gasteiger partial charge in [-0.3, -0.25) is 4.79 Å². The van der Waals surface area contributed by atoms with E-state index in [1.165, 1.54) is 23.5 Å². The summed E-state index contributed by atoms with van der Waals surface area (Å²) in [7, 11) is 0. The Balaban J connectivity index is 1.52. The first kappa shape index (κ1) is 18.1. The van der Waals surface area contributed by atoms with Crippen LogP contribution in [0.15, 0.2) is 29.6 Å². The third-order valence-electron chi connectivity index (χ3n) is 5.62. The number of hydrogen-bond acceptors (Lipinski definition) is 4. The molecule has 1 N–H and O–H groups in total. The molecule has 1 aromatic carbocycles. The smallest absolute Gasteiger partial charge is 0.326 e. The summed E-state index contributed by atoms with van der Waals surface area (Å²) in [5.74, 6) is -1.13. The molecule has 2 aliphatic rings. The lowest BCUT2D eigenvalue weighted by molar-refractivity contribution is -0.149. The molecule has 1 saturated carbocycles. The highest BCUT2D eigenvalue weighted by atomic mass is 32.1. The summed E-state index contributed by atoms with van der Waals surface area (Å²) in [5, 5.41) is 12.0. The lowest BCUT2D eigenvalue weighted by Gasteiger charge is -2.32. The molecule has 3 unspecified atom stereocenters. The van der Waals surface area contributed by atoms with Gasteiger partial charge in [-0.1, -0.05) is 25.0 Å². The number of carboxylic acid groups (broad SMARTS) is 1. The summed E-state index contributed by atoms with van der Waals surface area (Å²) in [4.78, 5) is 30.7. The fourth-order valence-corrected chi connectivity index (χ4v) is 5.24. The fraction of sp³-hybridized carbons (Fsp3) is 0.450. The van der Waals surface area contributed by atoms with E-state index in [2.05, 4.69) is 4.98 Å². The molecule has 7 heteroatoms. The van der Waals surface area contributed by atoms with Crippen molar-refractivity contribution < 1.29 is 19.1 Å². The van der Waals surface area contributed by atoms with Crippen LogP contribution in [-0.2, 0) is 16.0 Å². The Bertz CT molecular complexity index is 868. The average molecular weight is 388 g/mol. The summed E-state index contributed by atoms with van der Waals surface area (Å²) in [5.41, 5.74) is 1.28. The van der Waals surface area contributed by atoms with Crippen molar-refractivity contribution in [1.29, 1.82) is 0 Å². The van der Waals surface area contributed by atoms with Crippen molar-refractivity contribution in [2.45, 2.75) is 50.6 Å². The zero-order valence-electron chi connectivity index (χ0n) is 14.8. The topological polar surface area (TPSA) is 70.5 Å². The van der Waals surface area contributed by atoms with Gasteiger partial charge in [0.1, 0.15) is 16.9 Å². The van der Waals surface area contributed by atoms with Crippen molar-refractivity contribution in [3.05, 3.63) is 41.2 Å². The van der Waals surface area contributed by atoms with Crippen LogP contribution >= 0.6 is 11.3 Å². The monoisotopic (exact) mass is 388 g/mol. The maximum Gasteiger partial charge on any atom is 0.326 e. The second-order valence-electron chi connectivity index (χ2n) is 7.33. The van der Waals surface area contributed by atoms with Gasteiger partial charge < -0.3 is 10.0 Å². The number of halogens is 1. The normalized spacial score (nSPS) is 24.6. The van der Waals surface area contributed by atoms with Crippen molar-refractivity contribution in [3.8, 4) is 10.6 Å². The lowest BCUT2D eigenvalue weighted by Crippen LogP contribution is -2.46. The molecule has 0 bridgehead atoms. The van der Waals surface area contributed by atoms with E-state index in [1.54, 1.807) is 22.4 Å². The SMILES string of the molecule is O=C(O)C1CC2CCCCC2N1C(=O)Cc1csc(-c2cccc(F)c2)n1. The number of nitrogens with zero attached hydrogens (tertiary/aromatic N) is 2. The van der Waals surface area contributed by atoms with Crippen LogP contribution in [0.1, 0.15) is 37.8 Å². The molecular formula is C20H21FN2O3S. The second-order valence-corrected chi connectivity index (χ2v) is 8.19. The molecule has 1 aliphatic carbocycles. The minimum absolute atomic E-state index is 0.0358. The van der Waals surface area contributed by atoms with Gasteiger partial charge in [-0.15, -0.1) is 11.3 Å². The number of fused-ring (bicyclic) bond motifs is 1. The van der Waals surface area contributed by atoms with E-state index < -0.39 is 12.0 Å². The van der Waals surface area contributed by atoms with Crippen molar-refractivity contribution in [2.24, 2.45) is 5.92 Å². The maximum absolute atomic E-state index is 13.4. The summed E-state index contributed by atoms with van der Waals surface area (Å²) < 4.78 is 13.4. The molecule has 0 radical (unpaired) electrons. The molecule has 2 heterocycles. The van der Waals surface area contributed by atoms with Gasteiger partial charge in [-0.2, -0.15) is 0 Å². The van der Waals surface area contributed by atoms with Crippen LogP contribution in [0.4, 0.5) is 4.39 Å². The number of hydrogen-bond donors (Lipinski definition) is 1. The molecule has 1 aromatic heterocycles. The van der Waals surface area contributed by atoms with Crippen molar-refractivity contribution in [1.82, 2.24) is 9.88 Å². The number of likely N-dealkylation sites (tertiary alicyclic amines) is 1. The van der Waals surface area contributed by atoms with E-state index in [9.17, 15) is 19.1 Å². The van der Waals surface area contributed by atoms with Crippen molar-refractivity contribution >= 4 is 23.2 Å². The van der Waals surface area contributed by atoms with Crippen LogP contribution in [0.5, 0.6) is 0 Å². The Hall–Kier alpha value is -2.28. The van der Waals surface area contributed by atoms with Gasteiger partial charge in [0.05, 0.1) is 12.1 Å². The summed E-state index contributed by atoms with van der Waals surface area (Å²) >= 11 is 1.36. The third kappa shape index (κ3) is 3.60. The van der Waals surface area contributed by atoms with Crippen molar-refractivity contribution in [3.63, 3.8) is 0 Å². The number of carbonyl (C=O) groups is 2. The average Bonchev–Trinajstić information content (AvgIpc) is 3.26. The minimum atomic E-state index is -0.920. The number of carboxylic acids is 1. The maximum atomic E-state index is 13.4. The Morgan fingerprint density at radius 3 is 2.89 bits per heavy atom. The molecule has 27 heavy (non-hydrogen) atoms. The molecule has 1 amide bonds. The van der Waals surface area contributed by atoms with Crippen LogP contribution < -0.4 is 0 Å². The van der Waals surface area contributed by atoms with E-state index in [0.717, 1.165) is 25.7 Å². The first-order chi connectivity index (χ1) is 13.0. The van der Waals surface area contributed by atoms with Gasteiger partial charge in [-0.25, -0.2) is 14.2 Å². The number of benzene rings is 1. The standard InChI is InChI=1S/C20H21FN2O3S/c21-14-6-3-5-13(8-14)19-22-15(11-27-19)10-18(24)23-16-7-2-1-4-12(16)9-17(23)20(25)26/h3,5-6,8,11-12,16-17H,1-2,4,7,9-10H2,(H,25,26). The number of thiazole rings is 1. The minimum Gasteiger partial charge on any atom is -0.480 e. The quantitative estimate of drug-likeness (QED) is 0.866. The van der Waals surface area contributed by atoms with Crippen LogP contribution in [0.3, 0.4) is 0 Å². The van der Waals surface area contributed by atoms with E-state index in [0.29, 0.717) is 28.6 Å². The van der Waals surface area contributed by atoms with Crippen LogP contribution in [0.2, 0.25) is 0 Å². The van der Waals surface area contributed by atoms with Gasteiger partial charge in [0.15, 0.2) is 0 Å². The molecule has 3 atom stereocenters. The van der Waals surface area contributed by atoms with Gasteiger partial charge in [0, 0.05) is 17.0 Å². The Kier molecular flexibility index (Phi) is 4.95. The van der Waals surface area contributed by atoms with Gasteiger partial charge >= 0.3 is 5.97 Å². The van der Waals surface area contributed by atoms with E-state index in [1.807, 2.05) is 0 Å². The van der Waals surface area contributed by atoms with Crippen LogP contribution in [0.25, 0.3) is 10.6 Å². The summed E-state index contributed by atoms with van der Waals surface area (Å²) in [6.07, 6.45) is 4.66. The molecule has 5 nitrogen and oxygen atoms in total. The second kappa shape index (κ2) is 7.38. The molecule has 1 aliphatic heterocycles. The highest BCUT2D eigenvalue weighted by Crippen LogP contribution is 2.40. The Morgan fingerprint density at radius 1 is 1.30 bits per heavy atom. The number of rotatable bonds is 4. The largest absolute Gasteiger partial charge is 0.480 e. The summed E-state index contributed by atoms with van der Waals surface area (Å²) in [6.45, 7) is 0. The highest BCUT2D eigenvalue weighted by molar-refractivity contribution is 7.13. The van der Waals surface area contributed by atoms with E-state index in [-0.39, 0.29) is 24.2 Å². The van der Waals surface area contributed by atoms with Gasteiger partial charge in [-0.05, 0) is 37.3 Å². The molecular weight excluding hydrogens is 367 g/mol. The molecule has 2 fully saturated rings. The summed E-state index contributed by atoms with van der Waals surface area (Å²) in [6, 6.07) is 5.50. The zero-order valence-corrected chi connectivity index (χ0v) is 15.6. The fourth-order valence-electron chi connectivity index (χ4n) is 4.43. The Morgan fingerprint density at radius 2 is 2.11 bits per heavy atom. The highest BCUT2D eigenvalue weighted by Gasteiger charge is 2.47. The number of aromatic nitrogens is 1. The predicted octanol–water partition coefficient (Wildman–Crippen LogP) is 3.74. The van der Waals surface area contributed by atoms with Crippen LogP contribution in [0, 0.1) is 11.7 Å². The van der Waals surface area contributed by atoms with Crippen LogP contribution in [-0.4, -0.2) is 39.0 Å². The molecule has 142 valence electrons. The molecule has 1 saturated heterocycles. The molecule has 0 spiro atoms. The van der Waals surface area contributed by atoms with Gasteiger partial charge in [0.2, 0.25) is 5.91 Å². The number of carbonyl (C=O) groups excluding carboxylic acids is 1. The third-order valence-corrected chi connectivity index (χ3v) is 6.56. The predicted molar refractivity (Wildman–Crippen MR) is 99.8 cm³/mol. The van der Waals surface area contributed by atoms with E-state index in [4.69, 9.17) is 0 Å². The van der Waals surface area contributed by atoms with E-state index >= 15 is 0 Å². The number of aliphatic carboxylic acids is 1. The van der Waals surface area contributed by atoms with Gasteiger partial charge in [0.25, 0.3) is 0 Å². The first-order valence-corrected chi connectivity index (χ1v) is 10.1. The zero-order chi connectivity index (χ0) is 19.0.